The summed E-state index contributed by atoms with van der Waals surface area (Å²) in [6, 6.07) is 0. The number of hydrogen-bond acceptors (Lipinski definition) is 2. The Balaban J connectivity index is 3.09. The Morgan fingerprint density at radius 1 is 1.45 bits per heavy atom. The maximum absolute atomic E-state index is 5.15. The highest BCUT2D eigenvalue weighted by Gasteiger charge is 1.90. The van der Waals surface area contributed by atoms with E-state index >= 15 is 0 Å². The van der Waals surface area contributed by atoms with Crippen molar-refractivity contribution >= 4 is 0 Å². The van der Waals surface area contributed by atoms with Crippen LogP contribution in [0.25, 0.3) is 0 Å². The second-order valence-electron chi connectivity index (χ2n) is 3.33. The van der Waals surface area contributed by atoms with Gasteiger partial charge in [-0.25, -0.2) is 0 Å². The molecule has 0 aromatic heterocycles. The number of rotatable bonds is 5. The fourth-order valence-electron chi connectivity index (χ4n) is 0.530. The molecule has 0 spiro atoms. The lowest BCUT2D eigenvalue weighted by molar-refractivity contribution is 0.0305. The minimum atomic E-state index is 0.592. The predicted molar refractivity (Wildman–Crippen MR) is 48.2 cm³/mol. The van der Waals surface area contributed by atoms with Crippen molar-refractivity contribution in [2.24, 2.45) is 5.92 Å². The van der Waals surface area contributed by atoms with Gasteiger partial charge in [-0.15, -0.1) is 0 Å². The van der Waals surface area contributed by atoms with Crippen LogP contribution in [0.5, 0.6) is 0 Å². The van der Waals surface area contributed by atoms with Crippen LogP contribution >= 0.6 is 0 Å². The molecular formula is C9H19NO. The maximum atomic E-state index is 5.15. The Bertz CT molecular complexity index is 115. The molecule has 0 aliphatic carbocycles. The number of allylic oxidation sites excluding steroid dienone is 1. The summed E-state index contributed by atoms with van der Waals surface area (Å²) in [6.07, 6.45) is 2.10. The quantitative estimate of drug-likeness (QED) is 0.375. The summed E-state index contributed by atoms with van der Waals surface area (Å²) < 4.78 is 0. The van der Waals surface area contributed by atoms with Crippen molar-refractivity contribution in [2.45, 2.75) is 27.7 Å². The first-order chi connectivity index (χ1) is 5.13. The molecule has 66 valence electrons. The topological polar surface area (TPSA) is 21.3 Å². The Morgan fingerprint density at radius 2 is 2.09 bits per heavy atom. The lowest BCUT2D eigenvalue weighted by atomic mass is 10.2. The van der Waals surface area contributed by atoms with Crippen LogP contribution in [0, 0.1) is 5.92 Å². The maximum Gasteiger partial charge on any atom is 0.0705 e. The average molecular weight is 157 g/mol. The van der Waals surface area contributed by atoms with Crippen molar-refractivity contribution < 1.29 is 4.84 Å². The first-order valence-corrected chi connectivity index (χ1v) is 4.11. The van der Waals surface area contributed by atoms with Gasteiger partial charge in [0.05, 0.1) is 6.61 Å². The Kier molecular flexibility index (Phi) is 6.18. The summed E-state index contributed by atoms with van der Waals surface area (Å²) in [5.74, 6) is 0.592. The highest BCUT2D eigenvalue weighted by molar-refractivity contribution is 4.93. The molecule has 0 rings (SSSR count). The van der Waals surface area contributed by atoms with Gasteiger partial charge in [-0.1, -0.05) is 25.5 Å². The van der Waals surface area contributed by atoms with Crippen LogP contribution < -0.4 is 5.48 Å². The molecule has 0 fully saturated rings. The van der Waals surface area contributed by atoms with Gasteiger partial charge in [0.2, 0.25) is 0 Å². The molecule has 0 aromatic rings. The summed E-state index contributed by atoms with van der Waals surface area (Å²) in [4.78, 5) is 5.15. The summed E-state index contributed by atoms with van der Waals surface area (Å²) in [6.45, 7) is 9.98. The molecule has 0 aliphatic heterocycles. The van der Waals surface area contributed by atoms with Gasteiger partial charge in [0.1, 0.15) is 0 Å². The summed E-state index contributed by atoms with van der Waals surface area (Å²) in [5.41, 5.74) is 4.18. The van der Waals surface area contributed by atoms with Crippen LogP contribution in [-0.4, -0.2) is 13.2 Å². The average Bonchev–Trinajstić information content (AvgIpc) is 1.85. The molecule has 0 saturated heterocycles. The second kappa shape index (κ2) is 6.38. The van der Waals surface area contributed by atoms with E-state index in [4.69, 9.17) is 4.84 Å². The minimum absolute atomic E-state index is 0.592. The van der Waals surface area contributed by atoms with Crippen molar-refractivity contribution in [3.8, 4) is 0 Å². The fraction of sp³-hybridized carbons (Fsp3) is 0.778. The van der Waals surface area contributed by atoms with E-state index in [1.54, 1.807) is 0 Å². The molecule has 2 nitrogen and oxygen atoms in total. The lowest BCUT2D eigenvalue weighted by Gasteiger charge is -2.05. The van der Waals surface area contributed by atoms with Crippen LogP contribution in [0.15, 0.2) is 11.6 Å². The van der Waals surface area contributed by atoms with E-state index in [1.165, 1.54) is 5.57 Å². The second-order valence-corrected chi connectivity index (χ2v) is 3.33. The molecule has 0 heterocycles. The third kappa shape index (κ3) is 9.66. The van der Waals surface area contributed by atoms with Gasteiger partial charge in [-0.05, 0) is 19.8 Å². The molecule has 0 amide bonds. The molecule has 0 saturated carbocycles. The third-order valence-electron chi connectivity index (χ3n) is 1.11. The van der Waals surface area contributed by atoms with E-state index in [1.807, 2.05) is 0 Å². The van der Waals surface area contributed by atoms with Crippen molar-refractivity contribution in [1.82, 2.24) is 5.48 Å². The first-order valence-electron chi connectivity index (χ1n) is 4.11. The lowest BCUT2D eigenvalue weighted by Crippen LogP contribution is -2.17. The van der Waals surface area contributed by atoms with Crippen molar-refractivity contribution in [3.05, 3.63) is 11.6 Å². The Hall–Kier alpha value is -0.340. The van der Waals surface area contributed by atoms with Gasteiger partial charge in [0, 0.05) is 6.54 Å². The number of nitrogens with one attached hydrogen (secondary N) is 1. The van der Waals surface area contributed by atoms with E-state index in [-0.39, 0.29) is 0 Å². The molecular weight excluding hydrogens is 138 g/mol. The summed E-state index contributed by atoms with van der Waals surface area (Å²) in [7, 11) is 0. The van der Waals surface area contributed by atoms with Crippen molar-refractivity contribution in [2.75, 3.05) is 13.2 Å². The normalized spacial score (nSPS) is 10.3. The zero-order valence-electron chi connectivity index (χ0n) is 7.98. The van der Waals surface area contributed by atoms with E-state index in [0.29, 0.717) is 5.92 Å². The highest BCUT2D eigenvalue weighted by Crippen LogP contribution is 1.90. The molecule has 0 atom stereocenters. The van der Waals surface area contributed by atoms with E-state index < -0.39 is 0 Å². The minimum Gasteiger partial charge on any atom is -0.301 e. The molecule has 0 bridgehead atoms. The molecule has 2 heteroatoms. The molecule has 1 N–H and O–H groups in total. The van der Waals surface area contributed by atoms with Gasteiger partial charge in [-0.3, -0.25) is 0 Å². The van der Waals surface area contributed by atoms with Crippen LogP contribution in [0.2, 0.25) is 0 Å². The number of hydroxylamine groups is 1. The standard InChI is InChI=1S/C9H19NO/c1-8(2)5-6-10-11-7-9(3)4/h5,9-10H,6-7H2,1-4H3. The predicted octanol–water partition coefficient (Wildman–Crippen LogP) is 2.13. The SMILES string of the molecule is CC(C)=CCNOCC(C)C. The van der Waals surface area contributed by atoms with Crippen molar-refractivity contribution in [3.63, 3.8) is 0 Å². The largest absolute Gasteiger partial charge is 0.301 e. The Morgan fingerprint density at radius 3 is 2.55 bits per heavy atom. The summed E-state index contributed by atoms with van der Waals surface area (Å²) >= 11 is 0. The highest BCUT2D eigenvalue weighted by atomic mass is 16.6. The van der Waals surface area contributed by atoms with Crippen molar-refractivity contribution in [1.29, 1.82) is 0 Å². The number of hydrogen-bond donors (Lipinski definition) is 1. The van der Waals surface area contributed by atoms with Crippen LogP contribution in [-0.2, 0) is 4.84 Å². The molecule has 11 heavy (non-hydrogen) atoms. The van der Waals surface area contributed by atoms with Crippen LogP contribution in [0.4, 0.5) is 0 Å². The van der Waals surface area contributed by atoms with Crippen LogP contribution in [0.1, 0.15) is 27.7 Å². The monoisotopic (exact) mass is 157 g/mol. The van der Waals surface area contributed by atoms with Gasteiger partial charge in [-0.2, -0.15) is 5.48 Å². The van der Waals surface area contributed by atoms with Gasteiger partial charge >= 0.3 is 0 Å². The van der Waals surface area contributed by atoms with Gasteiger partial charge < -0.3 is 4.84 Å². The molecule has 0 unspecified atom stereocenters. The fourth-order valence-corrected chi connectivity index (χ4v) is 0.530. The zero-order valence-corrected chi connectivity index (χ0v) is 7.98. The van der Waals surface area contributed by atoms with E-state index in [2.05, 4.69) is 39.3 Å². The zero-order chi connectivity index (χ0) is 8.69. The summed E-state index contributed by atoms with van der Waals surface area (Å²) in [5, 5.41) is 0. The smallest absolute Gasteiger partial charge is 0.0705 e. The third-order valence-corrected chi connectivity index (χ3v) is 1.11. The first kappa shape index (κ1) is 10.7. The Labute approximate surface area is 69.6 Å². The molecule has 0 radical (unpaired) electrons. The van der Waals surface area contributed by atoms with Crippen LogP contribution in [0.3, 0.4) is 0 Å². The van der Waals surface area contributed by atoms with Gasteiger partial charge in [0.25, 0.3) is 0 Å². The van der Waals surface area contributed by atoms with Gasteiger partial charge in [0.15, 0.2) is 0 Å². The van der Waals surface area contributed by atoms with E-state index in [0.717, 1.165) is 13.2 Å². The molecule has 0 aromatic carbocycles. The van der Waals surface area contributed by atoms with E-state index in [9.17, 15) is 0 Å². The molecule has 0 aliphatic rings.